The van der Waals surface area contributed by atoms with E-state index in [1.54, 1.807) is 12.1 Å². The Bertz CT molecular complexity index is 921. The van der Waals surface area contributed by atoms with Gasteiger partial charge in [0, 0.05) is 18.7 Å². The maximum Gasteiger partial charge on any atom is 0.394 e. The minimum absolute atomic E-state index is 0.0395. The van der Waals surface area contributed by atoms with Crippen LogP contribution >= 0.6 is 0 Å². The van der Waals surface area contributed by atoms with Gasteiger partial charge in [0.2, 0.25) is 0 Å². The summed E-state index contributed by atoms with van der Waals surface area (Å²) < 4.78 is 73.8. The van der Waals surface area contributed by atoms with E-state index < -0.39 is 24.7 Å². The summed E-state index contributed by atoms with van der Waals surface area (Å²) in [5.74, 6) is 0.576. The highest BCUT2D eigenvalue weighted by atomic mass is 19.4. The lowest BCUT2D eigenvalue weighted by Crippen LogP contribution is -2.41. The van der Waals surface area contributed by atoms with Gasteiger partial charge in [-0.05, 0) is 67.6 Å². The van der Waals surface area contributed by atoms with Crippen LogP contribution in [0.4, 0.5) is 32.4 Å². The van der Waals surface area contributed by atoms with E-state index in [2.05, 4.69) is 15.4 Å². The first-order valence-corrected chi connectivity index (χ1v) is 10.5. The number of ether oxygens (including phenoxy) is 2. The number of carbonyl (C=O) groups excluding carboxylic acids is 1. The molecule has 0 aliphatic heterocycles. The molecular weight excluding hydrogens is 447 g/mol. The van der Waals surface area contributed by atoms with Crippen LogP contribution < -0.4 is 20.1 Å². The van der Waals surface area contributed by atoms with Crippen LogP contribution in [0.1, 0.15) is 38.2 Å². The second kappa shape index (κ2) is 10.3. The van der Waals surface area contributed by atoms with Crippen molar-refractivity contribution in [1.82, 2.24) is 5.32 Å². The van der Waals surface area contributed by atoms with Gasteiger partial charge in [-0.25, -0.2) is 4.79 Å². The highest BCUT2D eigenvalue weighted by molar-refractivity contribution is 5.89. The van der Waals surface area contributed by atoms with Gasteiger partial charge in [0.1, 0.15) is 11.5 Å². The lowest BCUT2D eigenvalue weighted by atomic mass is 9.93. The summed E-state index contributed by atoms with van der Waals surface area (Å²) in [5, 5.41) is 5.41. The maximum atomic E-state index is 12.9. The Kier molecular flexibility index (Phi) is 7.65. The largest absolute Gasteiger partial charge is 0.490 e. The molecule has 1 aliphatic carbocycles. The molecule has 0 unspecified atom stereocenters. The van der Waals surface area contributed by atoms with E-state index in [1.165, 1.54) is 36.4 Å². The molecule has 0 radical (unpaired) electrons. The highest BCUT2D eigenvalue weighted by Gasteiger charge is 2.28. The summed E-state index contributed by atoms with van der Waals surface area (Å²) in [6.45, 7) is 0.662. The third-order valence-electron chi connectivity index (χ3n) is 5.02. The standard InChI is InChI=1S/C23H25F5N2O3/c1-22(24,25)33-20-11-9-19(10-12-20)32-18-7-5-16(6-8-18)29-21(31)30-17-4-2-3-15(13-17)14-23(26,27)28/h2-4,9-13,16,18H,5-8,14H2,1H3,(H2,29,30,31). The molecule has 0 bridgehead atoms. The van der Waals surface area contributed by atoms with Crippen LogP contribution in [0.3, 0.4) is 0 Å². The Hall–Kier alpha value is -3.04. The zero-order chi connectivity index (χ0) is 24.1. The molecule has 0 atom stereocenters. The Labute approximate surface area is 188 Å². The van der Waals surface area contributed by atoms with Crippen molar-refractivity contribution in [2.24, 2.45) is 0 Å². The molecule has 1 aliphatic rings. The fraction of sp³-hybridized carbons (Fsp3) is 0.435. The summed E-state index contributed by atoms with van der Waals surface area (Å²) >= 11 is 0. The number of urea groups is 1. The van der Waals surface area contributed by atoms with Crippen LogP contribution in [0.5, 0.6) is 11.5 Å². The molecule has 1 saturated carbocycles. The number of anilines is 1. The fourth-order valence-electron chi connectivity index (χ4n) is 3.65. The number of benzene rings is 2. The van der Waals surface area contributed by atoms with Gasteiger partial charge in [-0.15, -0.1) is 0 Å². The number of hydrogen-bond donors (Lipinski definition) is 2. The van der Waals surface area contributed by atoms with Gasteiger partial charge in [0.15, 0.2) is 0 Å². The molecule has 0 saturated heterocycles. The van der Waals surface area contributed by atoms with Gasteiger partial charge in [-0.1, -0.05) is 12.1 Å². The fourth-order valence-corrected chi connectivity index (χ4v) is 3.65. The smallest absolute Gasteiger partial charge is 0.394 e. The molecule has 1 fully saturated rings. The third-order valence-corrected chi connectivity index (χ3v) is 5.02. The number of alkyl halides is 5. The molecular formula is C23H25F5N2O3. The van der Waals surface area contributed by atoms with E-state index in [0.717, 1.165) is 0 Å². The Morgan fingerprint density at radius 1 is 0.970 bits per heavy atom. The summed E-state index contributed by atoms with van der Waals surface area (Å²) in [6, 6.07) is 11.0. The molecule has 0 heterocycles. The monoisotopic (exact) mass is 472 g/mol. The van der Waals surface area contributed by atoms with Crippen molar-refractivity contribution in [2.75, 3.05) is 5.32 Å². The number of amides is 2. The molecule has 2 N–H and O–H groups in total. The van der Waals surface area contributed by atoms with Gasteiger partial charge >= 0.3 is 18.3 Å². The van der Waals surface area contributed by atoms with E-state index >= 15 is 0 Å². The second-order valence-electron chi connectivity index (χ2n) is 8.06. The molecule has 2 aromatic carbocycles. The average molecular weight is 472 g/mol. The van der Waals surface area contributed by atoms with Crippen molar-refractivity contribution < 1.29 is 36.2 Å². The summed E-state index contributed by atoms with van der Waals surface area (Å²) in [7, 11) is 0. The molecule has 2 amide bonds. The lowest BCUT2D eigenvalue weighted by molar-refractivity contribution is -0.159. The Balaban J connectivity index is 1.42. The van der Waals surface area contributed by atoms with E-state index in [1.807, 2.05) is 0 Å². The number of halogens is 5. The van der Waals surface area contributed by atoms with Crippen LogP contribution in [0.2, 0.25) is 0 Å². The second-order valence-corrected chi connectivity index (χ2v) is 8.06. The zero-order valence-corrected chi connectivity index (χ0v) is 17.9. The Morgan fingerprint density at radius 3 is 2.21 bits per heavy atom. The van der Waals surface area contributed by atoms with Gasteiger partial charge < -0.3 is 20.1 Å². The van der Waals surface area contributed by atoms with Crippen molar-refractivity contribution in [3.8, 4) is 11.5 Å². The van der Waals surface area contributed by atoms with Crippen molar-refractivity contribution in [1.29, 1.82) is 0 Å². The number of carbonyl (C=O) groups is 1. The zero-order valence-electron chi connectivity index (χ0n) is 17.9. The highest BCUT2D eigenvalue weighted by Crippen LogP contribution is 2.27. The first-order valence-electron chi connectivity index (χ1n) is 10.5. The molecule has 2 aromatic rings. The van der Waals surface area contributed by atoms with Gasteiger partial charge in [-0.2, -0.15) is 22.0 Å². The van der Waals surface area contributed by atoms with Crippen molar-refractivity contribution in [2.45, 2.75) is 63.5 Å². The molecule has 5 nitrogen and oxygen atoms in total. The van der Waals surface area contributed by atoms with Crippen molar-refractivity contribution >= 4 is 11.7 Å². The third kappa shape index (κ3) is 8.78. The molecule has 3 rings (SSSR count). The number of nitrogens with one attached hydrogen (secondary N) is 2. The predicted octanol–water partition coefficient (Wildman–Crippen LogP) is 6.29. The number of hydrogen-bond acceptors (Lipinski definition) is 3. The maximum absolute atomic E-state index is 12.9. The van der Waals surface area contributed by atoms with Gasteiger partial charge in [-0.3, -0.25) is 0 Å². The molecule has 0 spiro atoms. The molecule has 0 aromatic heterocycles. The molecule has 180 valence electrons. The minimum Gasteiger partial charge on any atom is -0.490 e. The van der Waals surface area contributed by atoms with E-state index in [-0.39, 0.29) is 23.5 Å². The first kappa shape index (κ1) is 24.6. The summed E-state index contributed by atoms with van der Waals surface area (Å²) in [4.78, 5) is 12.2. The number of rotatable bonds is 7. The van der Waals surface area contributed by atoms with Crippen LogP contribution in [-0.4, -0.2) is 30.5 Å². The topological polar surface area (TPSA) is 59.6 Å². The summed E-state index contributed by atoms with van der Waals surface area (Å²) in [5.41, 5.74) is 0.362. The van der Waals surface area contributed by atoms with Crippen LogP contribution in [0, 0.1) is 0 Å². The van der Waals surface area contributed by atoms with E-state index in [0.29, 0.717) is 44.0 Å². The first-order chi connectivity index (χ1) is 15.4. The van der Waals surface area contributed by atoms with Crippen LogP contribution in [0.25, 0.3) is 0 Å². The normalized spacial score (nSPS) is 19.0. The van der Waals surface area contributed by atoms with Gasteiger partial charge in [0.05, 0.1) is 12.5 Å². The quantitative estimate of drug-likeness (QED) is 0.466. The van der Waals surface area contributed by atoms with E-state index in [9.17, 15) is 26.7 Å². The van der Waals surface area contributed by atoms with E-state index in [4.69, 9.17) is 4.74 Å². The summed E-state index contributed by atoms with van der Waals surface area (Å²) in [6.07, 6.45) is -6.04. The molecule has 33 heavy (non-hydrogen) atoms. The lowest BCUT2D eigenvalue weighted by Gasteiger charge is -2.29. The minimum atomic E-state index is -4.32. The van der Waals surface area contributed by atoms with Crippen LogP contribution in [0.15, 0.2) is 48.5 Å². The van der Waals surface area contributed by atoms with Crippen molar-refractivity contribution in [3.05, 3.63) is 54.1 Å². The van der Waals surface area contributed by atoms with Gasteiger partial charge in [0.25, 0.3) is 0 Å². The predicted molar refractivity (Wildman–Crippen MR) is 113 cm³/mol. The van der Waals surface area contributed by atoms with Crippen molar-refractivity contribution in [3.63, 3.8) is 0 Å². The average Bonchev–Trinajstić information content (AvgIpc) is 2.69. The molecule has 10 heteroatoms. The Morgan fingerprint density at radius 2 is 1.61 bits per heavy atom. The van der Waals surface area contributed by atoms with Crippen LogP contribution in [-0.2, 0) is 6.42 Å². The SMILES string of the molecule is CC(F)(F)Oc1ccc(OC2CCC(NC(=O)Nc3cccc(CC(F)(F)F)c3)CC2)cc1.